The number of anilines is 1. The first kappa shape index (κ1) is 13.0. The average molecular weight is 288 g/mol. The molecular formula is C16H14ClNO2. The maximum atomic E-state index is 9.32. The summed E-state index contributed by atoms with van der Waals surface area (Å²) in [6.45, 7) is 0.551. The minimum absolute atomic E-state index is 0.00302. The van der Waals surface area contributed by atoms with Crippen LogP contribution < -0.4 is 5.32 Å². The highest BCUT2D eigenvalue weighted by Crippen LogP contribution is 2.30. The summed E-state index contributed by atoms with van der Waals surface area (Å²) in [5.41, 5.74) is 3.47. The second kappa shape index (κ2) is 5.57. The van der Waals surface area contributed by atoms with Gasteiger partial charge in [-0.25, -0.2) is 0 Å². The summed E-state index contributed by atoms with van der Waals surface area (Å²) in [7, 11) is 0. The van der Waals surface area contributed by atoms with E-state index in [2.05, 4.69) is 5.32 Å². The molecule has 0 amide bonds. The fourth-order valence-electron chi connectivity index (χ4n) is 2.25. The molecule has 0 unspecified atom stereocenters. The summed E-state index contributed by atoms with van der Waals surface area (Å²) in [5.74, 6) is 0. The van der Waals surface area contributed by atoms with Crippen molar-refractivity contribution in [3.8, 4) is 0 Å². The van der Waals surface area contributed by atoms with Crippen LogP contribution in [-0.2, 0) is 13.2 Å². The van der Waals surface area contributed by atoms with Crippen LogP contribution in [0.25, 0.3) is 11.0 Å². The zero-order valence-corrected chi connectivity index (χ0v) is 11.5. The Labute approximate surface area is 121 Å². The second-order valence-corrected chi connectivity index (χ2v) is 4.86. The summed E-state index contributed by atoms with van der Waals surface area (Å²) < 4.78 is 5.52. The van der Waals surface area contributed by atoms with Crippen molar-refractivity contribution >= 4 is 28.3 Å². The van der Waals surface area contributed by atoms with Gasteiger partial charge < -0.3 is 14.8 Å². The van der Waals surface area contributed by atoms with E-state index in [1.807, 2.05) is 48.5 Å². The topological polar surface area (TPSA) is 45.4 Å². The van der Waals surface area contributed by atoms with Crippen molar-refractivity contribution in [2.45, 2.75) is 13.2 Å². The zero-order valence-electron chi connectivity index (χ0n) is 10.8. The fourth-order valence-corrected chi connectivity index (χ4v) is 2.50. The third-order valence-corrected chi connectivity index (χ3v) is 3.60. The van der Waals surface area contributed by atoms with Gasteiger partial charge in [-0.1, -0.05) is 36.4 Å². The highest BCUT2D eigenvalue weighted by molar-refractivity contribution is 6.30. The molecule has 3 rings (SSSR count). The van der Waals surface area contributed by atoms with Gasteiger partial charge in [-0.3, -0.25) is 0 Å². The standard InChI is InChI=1S/C16H14ClNO2/c17-16-13(12-6-2-4-8-15(12)20-16)9-18-14-7-3-1-5-11(14)10-19/h1-8,18-19H,9-10H2. The molecule has 2 N–H and O–H groups in total. The van der Waals surface area contributed by atoms with Crippen LogP contribution in [0.3, 0.4) is 0 Å². The first-order chi connectivity index (χ1) is 9.79. The number of hydrogen-bond donors (Lipinski definition) is 2. The Morgan fingerprint density at radius 2 is 1.80 bits per heavy atom. The Hall–Kier alpha value is -1.97. The molecule has 0 fully saturated rings. The van der Waals surface area contributed by atoms with E-state index in [1.165, 1.54) is 0 Å². The lowest BCUT2D eigenvalue weighted by Gasteiger charge is -2.09. The molecule has 0 aliphatic heterocycles. The summed E-state index contributed by atoms with van der Waals surface area (Å²) in [4.78, 5) is 0. The highest BCUT2D eigenvalue weighted by atomic mass is 35.5. The van der Waals surface area contributed by atoms with Gasteiger partial charge in [0.2, 0.25) is 0 Å². The largest absolute Gasteiger partial charge is 0.444 e. The Kier molecular flexibility index (Phi) is 3.63. The molecule has 102 valence electrons. The van der Waals surface area contributed by atoms with Gasteiger partial charge in [0.05, 0.1) is 6.61 Å². The monoisotopic (exact) mass is 287 g/mol. The zero-order chi connectivity index (χ0) is 13.9. The van der Waals surface area contributed by atoms with Crippen molar-refractivity contribution in [1.82, 2.24) is 0 Å². The number of rotatable bonds is 4. The summed E-state index contributed by atoms with van der Waals surface area (Å²) in [6.07, 6.45) is 0. The molecule has 20 heavy (non-hydrogen) atoms. The molecule has 0 bridgehead atoms. The van der Waals surface area contributed by atoms with Gasteiger partial charge in [0.25, 0.3) is 0 Å². The number of fused-ring (bicyclic) bond motifs is 1. The van der Waals surface area contributed by atoms with Gasteiger partial charge >= 0.3 is 0 Å². The van der Waals surface area contributed by atoms with E-state index >= 15 is 0 Å². The summed E-state index contributed by atoms with van der Waals surface area (Å²) >= 11 is 6.15. The molecule has 0 aliphatic rings. The number of aliphatic hydroxyl groups excluding tert-OH is 1. The number of aliphatic hydroxyl groups is 1. The minimum Gasteiger partial charge on any atom is -0.444 e. The Balaban J connectivity index is 1.89. The molecule has 2 aromatic carbocycles. The fraction of sp³-hybridized carbons (Fsp3) is 0.125. The van der Waals surface area contributed by atoms with Crippen molar-refractivity contribution in [2.24, 2.45) is 0 Å². The number of halogens is 1. The Morgan fingerprint density at radius 3 is 2.65 bits per heavy atom. The van der Waals surface area contributed by atoms with E-state index in [1.54, 1.807) is 0 Å². The third-order valence-electron chi connectivity index (χ3n) is 3.29. The summed E-state index contributed by atoms with van der Waals surface area (Å²) in [5, 5.41) is 14.0. The Morgan fingerprint density at radius 1 is 1.05 bits per heavy atom. The maximum Gasteiger partial charge on any atom is 0.199 e. The van der Waals surface area contributed by atoms with Gasteiger partial charge in [0.15, 0.2) is 5.22 Å². The van der Waals surface area contributed by atoms with E-state index in [4.69, 9.17) is 16.0 Å². The molecule has 0 saturated carbocycles. The van der Waals surface area contributed by atoms with Crippen molar-refractivity contribution in [2.75, 3.05) is 5.32 Å². The van der Waals surface area contributed by atoms with Crippen molar-refractivity contribution < 1.29 is 9.52 Å². The molecule has 1 aromatic heterocycles. The van der Waals surface area contributed by atoms with Crippen LogP contribution >= 0.6 is 11.6 Å². The van der Waals surface area contributed by atoms with Crippen LogP contribution in [-0.4, -0.2) is 5.11 Å². The van der Waals surface area contributed by atoms with Crippen molar-refractivity contribution in [1.29, 1.82) is 0 Å². The number of para-hydroxylation sites is 2. The van der Waals surface area contributed by atoms with Crippen LogP contribution in [0, 0.1) is 0 Å². The molecule has 0 radical (unpaired) electrons. The van der Waals surface area contributed by atoms with E-state index < -0.39 is 0 Å². The van der Waals surface area contributed by atoms with Crippen LogP contribution in [0.15, 0.2) is 52.9 Å². The van der Waals surface area contributed by atoms with E-state index in [0.717, 1.165) is 27.8 Å². The van der Waals surface area contributed by atoms with Crippen molar-refractivity contribution in [3.05, 3.63) is 64.9 Å². The lowest BCUT2D eigenvalue weighted by Crippen LogP contribution is -2.02. The predicted molar refractivity (Wildman–Crippen MR) is 80.9 cm³/mol. The maximum absolute atomic E-state index is 9.32. The van der Waals surface area contributed by atoms with Gasteiger partial charge in [0, 0.05) is 28.7 Å². The van der Waals surface area contributed by atoms with Gasteiger partial charge in [-0.2, -0.15) is 0 Å². The van der Waals surface area contributed by atoms with Gasteiger partial charge in [-0.15, -0.1) is 0 Å². The normalized spacial score (nSPS) is 10.9. The second-order valence-electron chi connectivity index (χ2n) is 4.52. The number of furan rings is 1. The molecule has 0 spiro atoms. The van der Waals surface area contributed by atoms with Crippen LogP contribution in [0.5, 0.6) is 0 Å². The lowest BCUT2D eigenvalue weighted by atomic mass is 10.1. The van der Waals surface area contributed by atoms with Gasteiger partial charge in [-0.05, 0) is 23.7 Å². The Bertz CT molecular complexity index is 736. The van der Waals surface area contributed by atoms with Crippen LogP contribution in [0.2, 0.25) is 5.22 Å². The summed E-state index contributed by atoms with van der Waals surface area (Å²) in [6, 6.07) is 15.4. The molecule has 1 heterocycles. The van der Waals surface area contributed by atoms with Crippen LogP contribution in [0.1, 0.15) is 11.1 Å². The highest BCUT2D eigenvalue weighted by Gasteiger charge is 2.12. The lowest BCUT2D eigenvalue weighted by molar-refractivity contribution is 0.282. The molecule has 4 heteroatoms. The molecule has 3 aromatic rings. The molecule has 0 atom stereocenters. The van der Waals surface area contributed by atoms with E-state index in [0.29, 0.717) is 11.8 Å². The molecule has 0 aliphatic carbocycles. The molecule has 0 saturated heterocycles. The third kappa shape index (κ3) is 2.38. The molecule has 3 nitrogen and oxygen atoms in total. The van der Waals surface area contributed by atoms with Crippen molar-refractivity contribution in [3.63, 3.8) is 0 Å². The predicted octanol–water partition coefficient (Wildman–Crippen LogP) is 4.19. The molecular weight excluding hydrogens is 274 g/mol. The average Bonchev–Trinajstić information content (AvgIpc) is 2.81. The quantitative estimate of drug-likeness (QED) is 0.756. The van der Waals surface area contributed by atoms with E-state index in [9.17, 15) is 5.11 Å². The van der Waals surface area contributed by atoms with Gasteiger partial charge in [0.1, 0.15) is 5.58 Å². The van der Waals surface area contributed by atoms with Crippen LogP contribution in [0.4, 0.5) is 5.69 Å². The van der Waals surface area contributed by atoms with E-state index in [-0.39, 0.29) is 6.61 Å². The SMILES string of the molecule is OCc1ccccc1NCc1c(Cl)oc2ccccc12. The number of hydrogen-bond acceptors (Lipinski definition) is 3. The minimum atomic E-state index is 0.00302. The first-order valence-corrected chi connectivity index (χ1v) is 6.76. The number of benzene rings is 2. The first-order valence-electron chi connectivity index (χ1n) is 6.38. The smallest absolute Gasteiger partial charge is 0.199 e. The number of nitrogens with one attached hydrogen (secondary N) is 1.